The molecule has 0 aromatic carbocycles. The molecular formula is C8H9Cl. The Balaban J connectivity index is 0.000000120. The van der Waals surface area contributed by atoms with Crippen LogP contribution in [0.15, 0.2) is 24.3 Å². The van der Waals surface area contributed by atoms with Crippen LogP contribution < -0.4 is 0 Å². The fourth-order valence-electron chi connectivity index (χ4n) is 0.663. The molecule has 2 aliphatic rings. The summed E-state index contributed by atoms with van der Waals surface area (Å²) in [7, 11) is 0. The molecule has 0 amide bonds. The van der Waals surface area contributed by atoms with Crippen molar-refractivity contribution in [1.82, 2.24) is 0 Å². The largest absolute Gasteiger partial charge is 0.127 e. The lowest BCUT2D eigenvalue weighted by atomic mass is 9.95. The van der Waals surface area contributed by atoms with E-state index >= 15 is 0 Å². The second-order valence-electron chi connectivity index (χ2n) is 1.84. The Kier molecular flexibility index (Phi) is 2.12. The van der Waals surface area contributed by atoms with Gasteiger partial charge in [0.25, 0.3) is 0 Å². The fourth-order valence-corrected chi connectivity index (χ4v) is 0.663. The smallest absolute Gasteiger partial charge is 0.0195 e. The molecule has 9 heavy (non-hydrogen) atoms. The van der Waals surface area contributed by atoms with E-state index in [-0.39, 0.29) is 0 Å². The minimum Gasteiger partial charge on any atom is -0.127 e. The average molecular weight is 141 g/mol. The maximum Gasteiger partial charge on any atom is 0.0195 e. The third-order valence-corrected chi connectivity index (χ3v) is 1.22. The van der Waals surface area contributed by atoms with Gasteiger partial charge < -0.3 is 0 Å². The molecule has 0 bridgehead atoms. The second-order valence-corrected chi connectivity index (χ2v) is 2.38. The Morgan fingerprint density at radius 1 is 1.11 bits per heavy atom. The summed E-state index contributed by atoms with van der Waals surface area (Å²) in [6, 6.07) is 8.48. The molecule has 0 N–H and O–H groups in total. The van der Waals surface area contributed by atoms with Crippen molar-refractivity contribution in [3.63, 3.8) is 0 Å². The minimum absolute atomic E-state index is 0.722. The first-order chi connectivity index (χ1) is 4.38. The van der Waals surface area contributed by atoms with E-state index < -0.39 is 0 Å². The molecule has 0 atom stereocenters. The molecule has 0 spiro atoms. The van der Waals surface area contributed by atoms with Gasteiger partial charge in [0, 0.05) is 5.88 Å². The molecule has 0 nitrogen and oxygen atoms in total. The Hall–Kier alpha value is -0.490. The van der Waals surface area contributed by atoms with Crippen LogP contribution in [0.1, 0.15) is 6.92 Å². The van der Waals surface area contributed by atoms with Crippen molar-refractivity contribution >= 4 is 11.6 Å². The van der Waals surface area contributed by atoms with Gasteiger partial charge in [-0.1, -0.05) is 31.2 Å². The normalized spacial score (nSPS) is 9.56. The monoisotopic (exact) mass is 140 g/mol. The van der Waals surface area contributed by atoms with Crippen LogP contribution in [-0.4, -0.2) is 5.88 Å². The van der Waals surface area contributed by atoms with E-state index in [1.807, 2.05) is 6.92 Å². The lowest BCUT2D eigenvalue weighted by molar-refractivity contribution is 1.51. The molecule has 0 saturated carbocycles. The van der Waals surface area contributed by atoms with E-state index in [4.69, 9.17) is 11.6 Å². The molecule has 0 heterocycles. The molecule has 0 fully saturated rings. The van der Waals surface area contributed by atoms with Crippen LogP contribution >= 0.6 is 11.6 Å². The number of benzene rings is 1. The molecule has 0 aromatic heterocycles. The minimum atomic E-state index is 0.722. The van der Waals surface area contributed by atoms with E-state index in [0.29, 0.717) is 0 Å². The Morgan fingerprint density at radius 3 is 1.33 bits per heavy atom. The highest BCUT2D eigenvalue weighted by molar-refractivity contribution is 6.17. The summed E-state index contributed by atoms with van der Waals surface area (Å²) in [5.41, 5.74) is 2.85. The summed E-state index contributed by atoms with van der Waals surface area (Å²) in [5.74, 6) is 0.722. The number of fused-ring (bicyclic) bond motifs is 1. The first kappa shape index (κ1) is 6.63. The lowest BCUT2D eigenvalue weighted by Gasteiger charge is -2.10. The highest BCUT2D eigenvalue weighted by atomic mass is 35.5. The summed E-state index contributed by atoms with van der Waals surface area (Å²) in [4.78, 5) is 0. The first-order valence-corrected chi connectivity index (χ1v) is 3.58. The summed E-state index contributed by atoms with van der Waals surface area (Å²) in [5, 5.41) is 0. The van der Waals surface area contributed by atoms with Crippen molar-refractivity contribution < 1.29 is 0 Å². The predicted octanol–water partition coefficient (Wildman–Crippen LogP) is 2.91. The van der Waals surface area contributed by atoms with Gasteiger partial charge in [0.15, 0.2) is 0 Å². The number of hydrogen-bond donors (Lipinski definition) is 0. The van der Waals surface area contributed by atoms with E-state index in [9.17, 15) is 0 Å². The molecule has 48 valence electrons. The molecule has 0 aliphatic heterocycles. The fraction of sp³-hybridized carbons (Fsp3) is 0.250. The number of alkyl halides is 1. The van der Waals surface area contributed by atoms with Gasteiger partial charge in [-0.25, -0.2) is 0 Å². The van der Waals surface area contributed by atoms with E-state index in [1.54, 1.807) is 0 Å². The second kappa shape index (κ2) is 2.88. The van der Waals surface area contributed by atoms with Crippen molar-refractivity contribution in [2.45, 2.75) is 6.92 Å². The molecule has 0 unspecified atom stereocenters. The standard InChI is InChI=1S/C6H4.C2H5Cl/c1-2-6-4-3-5(1)6;1-2-3/h1-4H;2H2,1H3. The van der Waals surface area contributed by atoms with Crippen LogP contribution in [0.4, 0.5) is 0 Å². The van der Waals surface area contributed by atoms with Crippen molar-refractivity contribution in [1.29, 1.82) is 0 Å². The molecule has 0 saturated heterocycles. The van der Waals surface area contributed by atoms with Gasteiger partial charge in [-0.05, 0) is 11.1 Å². The van der Waals surface area contributed by atoms with Gasteiger partial charge in [-0.15, -0.1) is 11.6 Å². The molecule has 1 heteroatoms. The summed E-state index contributed by atoms with van der Waals surface area (Å²) < 4.78 is 0. The van der Waals surface area contributed by atoms with Gasteiger partial charge >= 0.3 is 0 Å². The molecule has 2 rings (SSSR count). The average Bonchev–Trinajstić information content (AvgIpc) is 1.81. The summed E-state index contributed by atoms with van der Waals surface area (Å²) in [6.07, 6.45) is 0. The van der Waals surface area contributed by atoms with Crippen molar-refractivity contribution in [2.75, 3.05) is 5.88 Å². The first-order valence-electron chi connectivity index (χ1n) is 3.05. The SMILES string of the molecule is CCCl.c1cc2ccc1-2. The molecular weight excluding hydrogens is 132 g/mol. The number of rotatable bonds is 0. The maximum atomic E-state index is 5.00. The number of hydrogen-bond acceptors (Lipinski definition) is 0. The van der Waals surface area contributed by atoms with E-state index in [0.717, 1.165) is 5.88 Å². The van der Waals surface area contributed by atoms with Crippen LogP contribution in [0.5, 0.6) is 0 Å². The van der Waals surface area contributed by atoms with Crippen LogP contribution in [-0.2, 0) is 0 Å². The summed E-state index contributed by atoms with van der Waals surface area (Å²) in [6.45, 7) is 1.89. The predicted molar refractivity (Wildman–Crippen MR) is 41.8 cm³/mol. The third kappa shape index (κ3) is 1.25. The zero-order valence-electron chi connectivity index (χ0n) is 5.39. The van der Waals surface area contributed by atoms with Gasteiger partial charge in [-0.3, -0.25) is 0 Å². The quantitative estimate of drug-likeness (QED) is 0.494. The van der Waals surface area contributed by atoms with Gasteiger partial charge in [-0.2, -0.15) is 0 Å². The van der Waals surface area contributed by atoms with Crippen LogP contribution in [0.2, 0.25) is 0 Å². The Labute approximate surface area is 60.5 Å². The van der Waals surface area contributed by atoms with Crippen LogP contribution in [0.3, 0.4) is 0 Å². The zero-order chi connectivity index (χ0) is 6.69. The highest BCUT2D eigenvalue weighted by Crippen LogP contribution is 2.29. The molecule has 0 aromatic rings. The van der Waals surface area contributed by atoms with E-state index in [2.05, 4.69) is 24.3 Å². The van der Waals surface area contributed by atoms with Crippen molar-refractivity contribution in [2.24, 2.45) is 0 Å². The summed E-state index contributed by atoms with van der Waals surface area (Å²) >= 11 is 5.00. The maximum absolute atomic E-state index is 5.00. The molecule has 0 radical (unpaired) electrons. The van der Waals surface area contributed by atoms with E-state index in [1.165, 1.54) is 11.1 Å². The Morgan fingerprint density at radius 2 is 1.33 bits per heavy atom. The van der Waals surface area contributed by atoms with Gasteiger partial charge in [0.2, 0.25) is 0 Å². The van der Waals surface area contributed by atoms with Crippen molar-refractivity contribution in [3.8, 4) is 11.1 Å². The molecule has 2 aliphatic carbocycles. The van der Waals surface area contributed by atoms with Gasteiger partial charge in [0.1, 0.15) is 0 Å². The van der Waals surface area contributed by atoms with Gasteiger partial charge in [0.05, 0.1) is 0 Å². The Bertz CT molecular complexity index is 155. The van der Waals surface area contributed by atoms with Crippen molar-refractivity contribution in [3.05, 3.63) is 24.3 Å². The highest BCUT2D eigenvalue weighted by Gasteiger charge is 2.03. The van der Waals surface area contributed by atoms with Crippen LogP contribution in [0.25, 0.3) is 11.1 Å². The zero-order valence-corrected chi connectivity index (χ0v) is 6.15. The van der Waals surface area contributed by atoms with Crippen LogP contribution in [0, 0.1) is 0 Å². The third-order valence-electron chi connectivity index (χ3n) is 1.22. The topological polar surface area (TPSA) is 0 Å². The number of halogens is 1. The lowest BCUT2D eigenvalue weighted by Crippen LogP contribution is -1.85.